The second-order valence-electron chi connectivity index (χ2n) is 5.04. The van der Waals surface area contributed by atoms with Gasteiger partial charge in [-0.2, -0.15) is 0 Å². The number of pyridine rings is 1. The van der Waals surface area contributed by atoms with Crippen LogP contribution in [0, 0.1) is 20.8 Å². The van der Waals surface area contributed by atoms with Gasteiger partial charge in [0.25, 0.3) is 0 Å². The zero-order valence-electron chi connectivity index (χ0n) is 12.2. The van der Waals surface area contributed by atoms with E-state index in [9.17, 15) is 0 Å². The van der Waals surface area contributed by atoms with E-state index in [2.05, 4.69) is 62.3 Å². The number of nitrogens with one attached hydrogen (secondary N) is 1. The lowest BCUT2D eigenvalue weighted by Crippen LogP contribution is -2.24. The summed E-state index contributed by atoms with van der Waals surface area (Å²) < 4.78 is 0. The van der Waals surface area contributed by atoms with Gasteiger partial charge in [0.05, 0.1) is 11.7 Å². The number of rotatable bonds is 4. The third-order valence-corrected chi connectivity index (χ3v) is 3.60. The molecule has 0 saturated heterocycles. The van der Waals surface area contributed by atoms with Gasteiger partial charge in [-0.3, -0.25) is 4.98 Å². The highest BCUT2D eigenvalue weighted by atomic mass is 14.9. The van der Waals surface area contributed by atoms with Crippen LogP contribution in [0.1, 0.15) is 40.9 Å². The monoisotopic (exact) mass is 254 g/mol. The molecular weight excluding hydrogens is 232 g/mol. The number of benzene rings is 1. The van der Waals surface area contributed by atoms with E-state index in [0.717, 1.165) is 12.2 Å². The molecule has 1 atom stereocenters. The Kier molecular flexibility index (Phi) is 4.33. The average molecular weight is 254 g/mol. The molecule has 0 aliphatic rings. The average Bonchev–Trinajstić information content (AvgIpc) is 2.40. The molecule has 2 aromatic rings. The van der Waals surface area contributed by atoms with E-state index in [4.69, 9.17) is 0 Å². The lowest BCUT2D eigenvalue weighted by atomic mass is 9.94. The molecule has 2 heteroatoms. The number of hydrogen-bond acceptors (Lipinski definition) is 2. The Morgan fingerprint density at radius 2 is 1.95 bits per heavy atom. The summed E-state index contributed by atoms with van der Waals surface area (Å²) in [7, 11) is 0. The standard InChI is InChI=1S/C17H22N2/c1-5-18-17(16-11-12(2)9-10-19-16)15-8-6-7-13(3)14(15)4/h6-11,17-18H,5H2,1-4H3. The summed E-state index contributed by atoms with van der Waals surface area (Å²) in [5.74, 6) is 0. The van der Waals surface area contributed by atoms with Crippen LogP contribution in [0.4, 0.5) is 0 Å². The van der Waals surface area contributed by atoms with Gasteiger partial charge in [0, 0.05) is 6.20 Å². The highest BCUT2D eigenvalue weighted by molar-refractivity contribution is 5.39. The Balaban J connectivity index is 2.48. The molecule has 1 aromatic carbocycles. The maximum Gasteiger partial charge on any atom is 0.0754 e. The van der Waals surface area contributed by atoms with E-state index >= 15 is 0 Å². The summed E-state index contributed by atoms with van der Waals surface area (Å²) in [5, 5.41) is 3.55. The molecule has 100 valence electrons. The maximum absolute atomic E-state index is 4.54. The van der Waals surface area contributed by atoms with E-state index in [-0.39, 0.29) is 6.04 Å². The van der Waals surface area contributed by atoms with Crippen LogP contribution < -0.4 is 5.32 Å². The first-order valence-electron chi connectivity index (χ1n) is 6.85. The molecule has 0 amide bonds. The molecule has 2 rings (SSSR count). The predicted octanol–water partition coefficient (Wildman–Crippen LogP) is 3.71. The molecule has 2 nitrogen and oxygen atoms in total. The number of nitrogens with zero attached hydrogens (tertiary/aromatic N) is 1. The van der Waals surface area contributed by atoms with Gasteiger partial charge < -0.3 is 5.32 Å². The molecule has 0 aliphatic carbocycles. The van der Waals surface area contributed by atoms with E-state index in [1.807, 2.05) is 12.3 Å². The van der Waals surface area contributed by atoms with Crippen LogP contribution in [0.25, 0.3) is 0 Å². The van der Waals surface area contributed by atoms with Crippen molar-refractivity contribution in [3.8, 4) is 0 Å². The first-order valence-corrected chi connectivity index (χ1v) is 6.85. The van der Waals surface area contributed by atoms with Gasteiger partial charge in [0.2, 0.25) is 0 Å². The molecule has 0 radical (unpaired) electrons. The van der Waals surface area contributed by atoms with Crippen LogP contribution in [-0.4, -0.2) is 11.5 Å². The number of aryl methyl sites for hydroxylation is 2. The third-order valence-electron chi connectivity index (χ3n) is 3.60. The molecule has 0 saturated carbocycles. The third kappa shape index (κ3) is 3.02. The van der Waals surface area contributed by atoms with Crippen LogP contribution in [0.3, 0.4) is 0 Å². The van der Waals surface area contributed by atoms with Crippen LogP contribution >= 0.6 is 0 Å². The van der Waals surface area contributed by atoms with Crippen molar-refractivity contribution in [2.24, 2.45) is 0 Å². The van der Waals surface area contributed by atoms with Crippen LogP contribution in [-0.2, 0) is 0 Å². The lowest BCUT2D eigenvalue weighted by Gasteiger charge is -2.21. The summed E-state index contributed by atoms with van der Waals surface area (Å²) >= 11 is 0. The normalized spacial score (nSPS) is 12.4. The van der Waals surface area contributed by atoms with Crippen molar-refractivity contribution >= 4 is 0 Å². The number of aromatic nitrogens is 1. The summed E-state index contributed by atoms with van der Waals surface area (Å²) in [6, 6.07) is 10.8. The molecule has 1 N–H and O–H groups in total. The van der Waals surface area contributed by atoms with Gasteiger partial charge in [0.15, 0.2) is 0 Å². The minimum Gasteiger partial charge on any atom is -0.305 e. The van der Waals surface area contributed by atoms with Gasteiger partial charge >= 0.3 is 0 Å². The highest BCUT2D eigenvalue weighted by Gasteiger charge is 2.17. The van der Waals surface area contributed by atoms with E-state index in [1.165, 1.54) is 22.3 Å². The molecule has 19 heavy (non-hydrogen) atoms. The smallest absolute Gasteiger partial charge is 0.0754 e. The first-order chi connectivity index (χ1) is 9.13. The molecule has 1 heterocycles. The Morgan fingerprint density at radius 1 is 1.16 bits per heavy atom. The Labute approximate surface area is 115 Å². The fraction of sp³-hybridized carbons (Fsp3) is 0.353. The zero-order chi connectivity index (χ0) is 13.8. The van der Waals surface area contributed by atoms with E-state index in [0.29, 0.717) is 0 Å². The summed E-state index contributed by atoms with van der Waals surface area (Å²) in [6.45, 7) is 9.51. The van der Waals surface area contributed by atoms with Crippen molar-refractivity contribution in [3.63, 3.8) is 0 Å². The van der Waals surface area contributed by atoms with Crippen LogP contribution in [0.2, 0.25) is 0 Å². The molecule has 1 aromatic heterocycles. The van der Waals surface area contributed by atoms with Crippen molar-refractivity contribution in [1.82, 2.24) is 10.3 Å². The zero-order valence-corrected chi connectivity index (χ0v) is 12.2. The second-order valence-corrected chi connectivity index (χ2v) is 5.04. The van der Waals surface area contributed by atoms with Gasteiger partial charge in [-0.1, -0.05) is 25.1 Å². The number of hydrogen-bond donors (Lipinski definition) is 1. The van der Waals surface area contributed by atoms with Crippen LogP contribution in [0.15, 0.2) is 36.5 Å². The maximum atomic E-state index is 4.54. The van der Waals surface area contributed by atoms with Gasteiger partial charge in [-0.25, -0.2) is 0 Å². The summed E-state index contributed by atoms with van der Waals surface area (Å²) in [4.78, 5) is 4.54. The topological polar surface area (TPSA) is 24.9 Å². The van der Waals surface area contributed by atoms with Gasteiger partial charge in [-0.05, 0) is 61.7 Å². The van der Waals surface area contributed by atoms with Crippen molar-refractivity contribution in [3.05, 3.63) is 64.5 Å². The fourth-order valence-corrected chi connectivity index (χ4v) is 2.38. The van der Waals surface area contributed by atoms with Gasteiger partial charge in [0.1, 0.15) is 0 Å². The second kappa shape index (κ2) is 5.98. The lowest BCUT2D eigenvalue weighted by molar-refractivity contribution is 0.612. The van der Waals surface area contributed by atoms with E-state index in [1.54, 1.807) is 0 Å². The first kappa shape index (κ1) is 13.8. The minimum atomic E-state index is 0.171. The van der Waals surface area contributed by atoms with Gasteiger partial charge in [-0.15, -0.1) is 0 Å². The molecule has 0 spiro atoms. The van der Waals surface area contributed by atoms with Crippen molar-refractivity contribution in [2.45, 2.75) is 33.7 Å². The quantitative estimate of drug-likeness (QED) is 0.899. The van der Waals surface area contributed by atoms with Crippen molar-refractivity contribution in [2.75, 3.05) is 6.54 Å². The van der Waals surface area contributed by atoms with Crippen molar-refractivity contribution in [1.29, 1.82) is 0 Å². The Bertz CT molecular complexity index is 561. The molecule has 0 bridgehead atoms. The molecule has 0 fully saturated rings. The molecular formula is C17H22N2. The molecule has 0 aliphatic heterocycles. The Morgan fingerprint density at radius 3 is 2.63 bits per heavy atom. The minimum absolute atomic E-state index is 0.171. The highest BCUT2D eigenvalue weighted by Crippen LogP contribution is 2.25. The fourth-order valence-electron chi connectivity index (χ4n) is 2.38. The summed E-state index contributed by atoms with van der Waals surface area (Å²) in [6.07, 6.45) is 1.89. The molecule has 1 unspecified atom stereocenters. The van der Waals surface area contributed by atoms with E-state index < -0.39 is 0 Å². The SMILES string of the molecule is CCNC(c1cc(C)ccn1)c1cccc(C)c1C. The largest absolute Gasteiger partial charge is 0.305 e. The van der Waals surface area contributed by atoms with Crippen molar-refractivity contribution < 1.29 is 0 Å². The van der Waals surface area contributed by atoms with Crippen LogP contribution in [0.5, 0.6) is 0 Å². The summed E-state index contributed by atoms with van der Waals surface area (Å²) in [5.41, 5.74) is 6.33. The predicted molar refractivity (Wildman–Crippen MR) is 80.4 cm³/mol. The Hall–Kier alpha value is -1.67.